The predicted octanol–water partition coefficient (Wildman–Crippen LogP) is 5.23. The molecule has 4 aromatic rings. The maximum atomic E-state index is 13.6. The number of furan rings is 1. The Bertz CT molecular complexity index is 1150. The Balaban J connectivity index is 1.86. The molecule has 10 heteroatoms. The SMILES string of the molecule is NC(=NCc1cccs1)c1nc2c(C(F)(F)F)cc(-c3ccoc3)cn2c1Cl. The van der Waals surface area contributed by atoms with Gasteiger partial charge in [0.25, 0.3) is 0 Å². The molecule has 4 rings (SSSR count). The average Bonchev–Trinajstić information content (AvgIpc) is 3.40. The van der Waals surface area contributed by atoms with Crippen LogP contribution in [0.3, 0.4) is 0 Å². The second kappa shape index (κ2) is 6.99. The van der Waals surface area contributed by atoms with Gasteiger partial charge < -0.3 is 10.2 Å². The Hall–Kier alpha value is -2.78. The molecule has 0 unspecified atom stereocenters. The van der Waals surface area contributed by atoms with E-state index in [0.29, 0.717) is 12.1 Å². The summed E-state index contributed by atoms with van der Waals surface area (Å²) in [6, 6.07) is 6.32. The minimum Gasteiger partial charge on any atom is -0.472 e. The molecule has 4 heterocycles. The topological polar surface area (TPSA) is 68.8 Å². The quantitative estimate of drug-likeness (QED) is 0.360. The number of amidine groups is 1. The molecule has 0 amide bonds. The van der Waals surface area contributed by atoms with Crippen LogP contribution in [0.15, 0.2) is 57.8 Å². The summed E-state index contributed by atoms with van der Waals surface area (Å²) >= 11 is 7.82. The summed E-state index contributed by atoms with van der Waals surface area (Å²) in [5.41, 5.74) is 5.48. The number of hydrogen-bond donors (Lipinski definition) is 1. The predicted molar refractivity (Wildman–Crippen MR) is 102 cm³/mol. The molecule has 0 saturated carbocycles. The van der Waals surface area contributed by atoms with Crippen molar-refractivity contribution in [2.75, 3.05) is 0 Å². The van der Waals surface area contributed by atoms with Crippen LogP contribution in [0.25, 0.3) is 16.8 Å². The van der Waals surface area contributed by atoms with E-state index in [1.165, 1.54) is 30.1 Å². The van der Waals surface area contributed by atoms with Crippen LogP contribution in [0, 0.1) is 0 Å². The van der Waals surface area contributed by atoms with Gasteiger partial charge in [-0.3, -0.25) is 9.39 Å². The van der Waals surface area contributed by atoms with Crippen LogP contribution in [0.4, 0.5) is 13.2 Å². The molecule has 0 atom stereocenters. The number of pyridine rings is 1. The Kier molecular flexibility index (Phi) is 4.64. The smallest absolute Gasteiger partial charge is 0.420 e. The maximum Gasteiger partial charge on any atom is 0.420 e. The number of halogens is 4. The number of aliphatic imine (C=N–C) groups is 1. The summed E-state index contributed by atoms with van der Waals surface area (Å²) in [6.45, 7) is 0.292. The van der Waals surface area contributed by atoms with Gasteiger partial charge >= 0.3 is 6.18 Å². The molecule has 28 heavy (non-hydrogen) atoms. The van der Waals surface area contributed by atoms with Gasteiger partial charge in [-0.15, -0.1) is 11.3 Å². The van der Waals surface area contributed by atoms with E-state index in [2.05, 4.69) is 9.98 Å². The first kappa shape index (κ1) is 18.6. The van der Waals surface area contributed by atoms with Crippen LogP contribution in [0.1, 0.15) is 16.1 Å². The zero-order valence-electron chi connectivity index (χ0n) is 14.1. The second-order valence-electron chi connectivity index (χ2n) is 5.88. The molecule has 0 aromatic carbocycles. The van der Waals surface area contributed by atoms with Crippen molar-refractivity contribution < 1.29 is 17.6 Å². The van der Waals surface area contributed by atoms with Crippen LogP contribution in [-0.2, 0) is 12.7 Å². The van der Waals surface area contributed by atoms with Crippen molar-refractivity contribution in [1.82, 2.24) is 9.38 Å². The lowest BCUT2D eigenvalue weighted by Gasteiger charge is -2.10. The Labute approximate surface area is 165 Å². The summed E-state index contributed by atoms with van der Waals surface area (Å²) < 4.78 is 47.0. The normalized spacial score (nSPS) is 12.8. The van der Waals surface area contributed by atoms with Crippen molar-refractivity contribution >= 4 is 34.4 Å². The molecule has 0 bridgehead atoms. The van der Waals surface area contributed by atoms with Crippen LogP contribution >= 0.6 is 22.9 Å². The van der Waals surface area contributed by atoms with Crippen LogP contribution in [0.2, 0.25) is 5.15 Å². The lowest BCUT2D eigenvalue weighted by molar-refractivity contribution is -0.136. The van der Waals surface area contributed by atoms with E-state index in [0.717, 1.165) is 15.3 Å². The highest BCUT2D eigenvalue weighted by Gasteiger charge is 2.35. The van der Waals surface area contributed by atoms with Gasteiger partial charge in [0.1, 0.15) is 16.7 Å². The van der Waals surface area contributed by atoms with Crippen molar-refractivity contribution in [1.29, 1.82) is 0 Å². The van der Waals surface area contributed by atoms with Gasteiger partial charge in [-0.25, -0.2) is 4.98 Å². The molecule has 4 aromatic heterocycles. The van der Waals surface area contributed by atoms with E-state index >= 15 is 0 Å². The number of fused-ring (bicyclic) bond motifs is 1. The van der Waals surface area contributed by atoms with E-state index in [-0.39, 0.29) is 27.9 Å². The molecule has 0 saturated heterocycles. The minimum absolute atomic E-state index is 0.00747. The van der Waals surface area contributed by atoms with Crippen LogP contribution in [-0.4, -0.2) is 15.2 Å². The van der Waals surface area contributed by atoms with Crippen molar-refractivity contribution in [3.63, 3.8) is 0 Å². The van der Waals surface area contributed by atoms with E-state index in [4.69, 9.17) is 21.8 Å². The van der Waals surface area contributed by atoms with Gasteiger partial charge in [-0.2, -0.15) is 13.2 Å². The first-order valence-corrected chi connectivity index (χ1v) is 9.24. The number of aromatic nitrogens is 2. The highest BCUT2D eigenvalue weighted by molar-refractivity contribution is 7.09. The molecule has 0 aliphatic rings. The number of alkyl halides is 3. The minimum atomic E-state index is -4.63. The Morgan fingerprint density at radius 2 is 2.14 bits per heavy atom. The fourth-order valence-electron chi connectivity index (χ4n) is 2.72. The number of imidazole rings is 1. The third-order valence-electron chi connectivity index (χ3n) is 4.05. The zero-order chi connectivity index (χ0) is 19.9. The van der Waals surface area contributed by atoms with Crippen molar-refractivity contribution in [3.05, 3.63) is 69.7 Å². The first-order valence-electron chi connectivity index (χ1n) is 7.98. The number of nitrogens with zero attached hydrogens (tertiary/aromatic N) is 3. The van der Waals surface area contributed by atoms with E-state index in [1.54, 1.807) is 6.07 Å². The van der Waals surface area contributed by atoms with Crippen molar-refractivity contribution in [2.45, 2.75) is 12.7 Å². The molecule has 0 aliphatic carbocycles. The fraction of sp³-hybridized carbons (Fsp3) is 0.111. The van der Waals surface area contributed by atoms with Gasteiger partial charge in [-0.05, 0) is 23.6 Å². The number of rotatable bonds is 4. The molecular weight excluding hydrogens is 413 g/mol. The second-order valence-corrected chi connectivity index (χ2v) is 7.27. The van der Waals surface area contributed by atoms with Gasteiger partial charge in [0.15, 0.2) is 5.65 Å². The molecular formula is C18H12ClF3N4OS. The van der Waals surface area contributed by atoms with E-state index in [9.17, 15) is 13.2 Å². The van der Waals surface area contributed by atoms with Gasteiger partial charge in [-0.1, -0.05) is 17.7 Å². The van der Waals surface area contributed by atoms with Crippen molar-refractivity contribution in [3.8, 4) is 11.1 Å². The lowest BCUT2D eigenvalue weighted by atomic mass is 10.1. The first-order chi connectivity index (χ1) is 13.3. The summed E-state index contributed by atoms with van der Waals surface area (Å²) in [5.74, 6) is -0.0277. The van der Waals surface area contributed by atoms with Crippen molar-refractivity contribution in [2.24, 2.45) is 10.7 Å². The zero-order valence-corrected chi connectivity index (χ0v) is 15.6. The molecule has 0 aliphatic heterocycles. The largest absolute Gasteiger partial charge is 0.472 e. The van der Waals surface area contributed by atoms with E-state index in [1.807, 2.05) is 17.5 Å². The summed E-state index contributed by atoms with van der Waals surface area (Å²) in [5, 5.41) is 1.85. The van der Waals surface area contributed by atoms with Crippen LogP contribution < -0.4 is 5.73 Å². The number of nitrogens with two attached hydrogens (primary N) is 1. The third-order valence-corrected chi connectivity index (χ3v) is 5.27. The van der Waals surface area contributed by atoms with Gasteiger partial charge in [0.05, 0.1) is 24.6 Å². The molecule has 2 N–H and O–H groups in total. The summed E-state index contributed by atoms with van der Waals surface area (Å²) in [6.07, 6.45) is -0.441. The number of thiophene rings is 1. The monoisotopic (exact) mass is 424 g/mol. The molecule has 144 valence electrons. The van der Waals surface area contributed by atoms with Crippen LogP contribution in [0.5, 0.6) is 0 Å². The highest BCUT2D eigenvalue weighted by Crippen LogP contribution is 2.37. The summed E-state index contributed by atoms with van der Waals surface area (Å²) in [7, 11) is 0. The van der Waals surface area contributed by atoms with Gasteiger partial charge in [0.2, 0.25) is 0 Å². The third kappa shape index (κ3) is 3.38. The average molecular weight is 425 g/mol. The molecule has 0 fully saturated rings. The number of hydrogen-bond acceptors (Lipinski definition) is 4. The van der Waals surface area contributed by atoms with E-state index < -0.39 is 11.7 Å². The molecule has 5 nitrogen and oxygen atoms in total. The lowest BCUT2D eigenvalue weighted by Crippen LogP contribution is -2.14. The summed E-state index contributed by atoms with van der Waals surface area (Å²) in [4.78, 5) is 9.20. The molecule has 0 spiro atoms. The standard InChI is InChI=1S/C18H12ClF3N4OS/c19-15-14(16(23)24-7-12-2-1-5-28-12)25-17-13(18(20,21)22)6-11(8-26(15)17)10-3-4-27-9-10/h1-6,8-9H,7H2,(H2,23,24). The Morgan fingerprint density at radius 1 is 1.32 bits per heavy atom. The van der Waals surface area contributed by atoms with Gasteiger partial charge in [0, 0.05) is 22.2 Å². The maximum absolute atomic E-state index is 13.6. The fourth-order valence-corrected chi connectivity index (χ4v) is 3.61. The highest BCUT2D eigenvalue weighted by atomic mass is 35.5. The molecule has 0 radical (unpaired) electrons. The Morgan fingerprint density at radius 3 is 2.79 bits per heavy atom.